The molecule has 0 fully saturated rings. The van der Waals surface area contributed by atoms with Crippen LogP contribution in [-0.2, 0) is 0 Å². The number of hydrogen-bond donors (Lipinski definition) is 0. The lowest BCUT2D eigenvalue weighted by atomic mass is 10.2. The third-order valence-corrected chi connectivity index (χ3v) is 2.14. The van der Waals surface area contributed by atoms with Crippen LogP contribution in [0.4, 0.5) is 0 Å². The molecule has 54 valence electrons. The molecule has 0 aromatic heterocycles. The van der Waals surface area contributed by atoms with E-state index in [4.69, 9.17) is 5.26 Å². The first-order valence-corrected chi connectivity index (χ1v) is 4.00. The predicted molar refractivity (Wildman–Crippen MR) is 49.3 cm³/mol. The lowest BCUT2D eigenvalue weighted by molar-refractivity contribution is 0.112. The third-order valence-electron chi connectivity index (χ3n) is 1.25. The molecule has 0 unspecified atom stereocenters. The SMILES string of the molecule is N#Cc1ccc(C=O)cc1I. The number of hydrogen-bond acceptors (Lipinski definition) is 2. The van der Waals surface area contributed by atoms with Crippen LogP contribution in [-0.4, -0.2) is 6.29 Å². The van der Waals surface area contributed by atoms with Crippen LogP contribution in [0.1, 0.15) is 15.9 Å². The summed E-state index contributed by atoms with van der Waals surface area (Å²) in [5, 5.41) is 8.54. The summed E-state index contributed by atoms with van der Waals surface area (Å²) < 4.78 is 0.815. The van der Waals surface area contributed by atoms with E-state index >= 15 is 0 Å². The number of halogens is 1. The smallest absolute Gasteiger partial charge is 0.150 e. The maximum absolute atomic E-state index is 10.3. The topological polar surface area (TPSA) is 40.9 Å². The molecule has 3 heteroatoms. The van der Waals surface area contributed by atoms with Gasteiger partial charge in [0, 0.05) is 9.13 Å². The van der Waals surface area contributed by atoms with Gasteiger partial charge in [0.1, 0.15) is 12.4 Å². The molecular formula is C8H4INO. The van der Waals surface area contributed by atoms with Crippen molar-refractivity contribution in [1.29, 1.82) is 5.26 Å². The molecule has 0 aliphatic carbocycles. The monoisotopic (exact) mass is 257 g/mol. The lowest BCUT2D eigenvalue weighted by Gasteiger charge is -1.93. The number of rotatable bonds is 1. The molecule has 1 rings (SSSR count). The fourth-order valence-electron chi connectivity index (χ4n) is 0.695. The van der Waals surface area contributed by atoms with Crippen molar-refractivity contribution in [3.05, 3.63) is 32.9 Å². The maximum Gasteiger partial charge on any atom is 0.150 e. The van der Waals surface area contributed by atoms with E-state index in [0.29, 0.717) is 11.1 Å². The highest BCUT2D eigenvalue weighted by atomic mass is 127. The number of carbonyl (C=O) groups excluding carboxylic acids is 1. The Morgan fingerprint density at radius 3 is 2.73 bits per heavy atom. The largest absolute Gasteiger partial charge is 0.298 e. The predicted octanol–water partition coefficient (Wildman–Crippen LogP) is 1.98. The second-order valence-electron chi connectivity index (χ2n) is 1.97. The normalized spacial score (nSPS) is 8.73. The number of benzene rings is 1. The number of nitriles is 1. The van der Waals surface area contributed by atoms with E-state index < -0.39 is 0 Å². The zero-order valence-corrected chi connectivity index (χ0v) is 7.70. The van der Waals surface area contributed by atoms with Gasteiger partial charge in [-0.2, -0.15) is 5.26 Å². The van der Waals surface area contributed by atoms with Crippen LogP contribution in [0.15, 0.2) is 18.2 Å². The molecule has 2 nitrogen and oxygen atoms in total. The van der Waals surface area contributed by atoms with Crippen molar-refractivity contribution in [1.82, 2.24) is 0 Å². The highest BCUT2D eigenvalue weighted by Gasteiger charge is 1.98. The highest BCUT2D eigenvalue weighted by molar-refractivity contribution is 14.1. The minimum absolute atomic E-state index is 0.605. The first-order valence-electron chi connectivity index (χ1n) is 2.93. The van der Waals surface area contributed by atoms with Crippen LogP contribution in [0.2, 0.25) is 0 Å². The van der Waals surface area contributed by atoms with Crippen LogP contribution < -0.4 is 0 Å². The third kappa shape index (κ3) is 1.77. The summed E-state index contributed by atoms with van der Waals surface area (Å²) in [5.41, 5.74) is 1.21. The van der Waals surface area contributed by atoms with Crippen molar-refractivity contribution >= 4 is 28.9 Å². The Balaban J connectivity index is 3.22. The fraction of sp³-hybridized carbons (Fsp3) is 0. The van der Waals surface area contributed by atoms with Crippen LogP contribution in [0.25, 0.3) is 0 Å². The van der Waals surface area contributed by atoms with Crippen LogP contribution in [0, 0.1) is 14.9 Å². The Morgan fingerprint density at radius 2 is 2.27 bits per heavy atom. The Bertz CT molecular complexity index is 327. The average molecular weight is 257 g/mol. The molecule has 0 radical (unpaired) electrons. The van der Waals surface area contributed by atoms with Crippen molar-refractivity contribution in [2.75, 3.05) is 0 Å². The Kier molecular flexibility index (Phi) is 2.60. The summed E-state index contributed by atoms with van der Waals surface area (Å²) in [6.07, 6.45) is 0.767. The van der Waals surface area contributed by atoms with Crippen molar-refractivity contribution < 1.29 is 4.79 Å². The van der Waals surface area contributed by atoms with Crippen molar-refractivity contribution in [2.45, 2.75) is 0 Å². The summed E-state index contributed by atoms with van der Waals surface area (Å²) in [6.45, 7) is 0. The number of carbonyl (C=O) groups is 1. The summed E-state index contributed by atoms with van der Waals surface area (Å²) in [4.78, 5) is 10.3. The molecular weight excluding hydrogens is 253 g/mol. The lowest BCUT2D eigenvalue weighted by Crippen LogP contribution is -1.85. The van der Waals surface area contributed by atoms with Crippen LogP contribution >= 0.6 is 22.6 Å². The molecule has 0 aliphatic rings. The van der Waals surface area contributed by atoms with E-state index in [9.17, 15) is 4.79 Å². The van der Waals surface area contributed by atoms with E-state index in [1.54, 1.807) is 18.2 Å². The summed E-state index contributed by atoms with van der Waals surface area (Å²) >= 11 is 2.03. The van der Waals surface area contributed by atoms with Gasteiger partial charge in [-0.15, -0.1) is 0 Å². The molecule has 1 aromatic rings. The molecule has 0 saturated heterocycles. The highest BCUT2D eigenvalue weighted by Crippen LogP contribution is 2.12. The zero-order chi connectivity index (χ0) is 8.27. The molecule has 11 heavy (non-hydrogen) atoms. The van der Waals surface area contributed by atoms with Gasteiger partial charge in [0.15, 0.2) is 0 Å². The zero-order valence-electron chi connectivity index (χ0n) is 5.54. The standard InChI is InChI=1S/C8H4INO/c9-8-3-6(5-11)1-2-7(8)4-10/h1-3,5H. The van der Waals surface area contributed by atoms with Gasteiger partial charge < -0.3 is 0 Å². The van der Waals surface area contributed by atoms with E-state index in [2.05, 4.69) is 0 Å². The molecule has 0 spiro atoms. The van der Waals surface area contributed by atoms with Gasteiger partial charge in [0.2, 0.25) is 0 Å². The van der Waals surface area contributed by atoms with Gasteiger partial charge in [0.05, 0.1) is 5.56 Å². The van der Waals surface area contributed by atoms with E-state index in [1.165, 1.54) is 0 Å². The van der Waals surface area contributed by atoms with Gasteiger partial charge in [-0.1, -0.05) is 6.07 Å². The Hall–Kier alpha value is -0.890. The van der Waals surface area contributed by atoms with E-state index in [-0.39, 0.29) is 0 Å². The van der Waals surface area contributed by atoms with Gasteiger partial charge in [-0.05, 0) is 34.7 Å². The summed E-state index contributed by atoms with van der Waals surface area (Å²) in [5.74, 6) is 0. The number of nitrogens with zero attached hydrogens (tertiary/aromatic N) is 1. The van der Waals surface area contributed by atoms with Gasteiger partial charge >= 0.3 is 0 Å². The molecule has 0 bridgehead atoms. The van der Waals surface area contributed by atoms with Crippen molar-refractivity contribution in [2.24, 2.45) is 0 Å². The van der Waals surface area contributed by atoms with Crippen molar-refractivity contribution in [3.8, 4) is 6.07 Å². The summed E-state index contributed by atoms with van der Waals surface area (Å²) in [6, 6.07) is 6.99. The minimum atomic E-state index is 0.605. The van der Waals surface area contributed by atoms with Gasteiger partial charge in [0.25, 0.3) is 0 Å². The fourth-order valence-corrected chi connectivity index (χ4v) is 1.36. The maximum atomic E-state index is 10.3. The average Bonchev–Trinajstić information content (AvgIpc) is 2.04. The molecule has 0 atom stereocenters. The van der Waals surface area contributed by atoms with Gasteiger partial charge in [-0.25, -0.2) is 0 Å². The van der Waals surface area contributed by atoms with Crippen molar-refractivity contribution in [3.63, 3.8) is 0 Å². The molecule has 0 heterocycles. The van der Waals surface area contributed by atoms with Gasteiger partial charge in [-0.3, -0.25) is 4.79 Å². The molecule has 0 N–H and O–H groups in total. The van der Waals surface area contributed by atoms with E-state index in [1.807, 2.05) is 28.7 Å². The molecule has 1 aromatic carbocycles. The number of aldehydes is 1. The summed E-state index contributed by atoms with van der Waals surface area (Å²) in [7, 11) is 0. The quantitative estimate of drug-likeness (QED) is 0.570. The van der Waals surface area contributed by atoms with Crippen LogP contribution in [0.3, 0.4) is 0 Å². The Morgan fingerprint density at radius 1 is 1.55 bits per heavy atom. The molecule has 0 saturated carbocycles. The first-order chi connectivity index (χ1) is 5.27. The minimum Gasteiger partial charge on any atom is -0.298 e. The molecule has 0 amide bonds. The first kappa shape index (κ1) is 8.21. The van der Waals surface area contributed by atoms with Crippen LogP contribution in [0.5, 0.6) is 0 Å². The molecule has 0 aliphatic heterocycles. The second-order valence-corrected chi connectivity index (χ2v) is 3.13. The Labute approximate surface area is 78.0 Å². The second kappa shape index (κ2) is 3.49. The van der Waals surface area contributed by atoms with E-state index in [0.717, 1.165) is 9.86 Å².